The highest BCUT2D eigenvalue weighted by Crippen LogP contribution is 2.36. The molecule has 37 heavy (non-hydrogen) atoms. The minimum Gasteiger partial charge on any atom is -0.493 e. The topological polar surface area (TPSA) is 68.7 Å². The van der Waals surface area contributed by atoms with Crippen molar-refractivity contribution in [2.45, 2.75) is 19.8 Å². The minimum absolute atomic E-state index is 0.551. The summed E-state index contributed by atoms with van der Waals surface area (Å²) in [7, 11) is 3.82. The predicted molar refractivity (Wildman–Crippen MR) is 148 cm³/mol. The zero-order valence-electron chi connectivity index (χ0n) is 21.3. The van der Waals surface area contributed by atoms with E-state index in [-0.39, 0.29) is 0 Å². The average Bonchev–Trinajstić information content (AvgIpc) is 2.91. The number of aryl methyl sites for hydroxylation is 1. The van der Waals surface area contributed by atoms with Crippen LogP contribution in [0.2, 0.25) is 5.02 Å². The van der Waals surface area contributed by atoms with Crippen molar-refractivity contribution in [2.24, 2.45) is 5.92 Å². The third-order valence-corrected chi connectivity index (χ3v) is 7.14. The van der Waals surface area contributed by atoms with Gasteiger partial charge in [0.05, 0.1) is 19.2 Å². The van der Waals surface area contributed by atoms with Crippen LogP contribution in [0, 0.1) is 12.8 Å². The van der Waals surface area contributed by atoms with Crippen molar-refractivity contribution in [3.63, 3.8) is 0 Å². The number of ether oxygens (including phenoxy) is 3. The van der Waals surface area contributed by atoms with E-state index in [1.54, 1.807) is 13.4 Å². The second-order valence-corrected chi connectivity index (χ2v) is 9.87. The number of fused-ring (bicyclic) bond motifs is 1. The van der Waals surface area contributed by atoms with Gasteiger partial charge in [-0.1, -0.05) is 11.6 Å². The Hall–Kier alpha value is -3.55. The van der Waals surface area contributed by atoms with Gasteiger partial charge >= 0.3 is 0 Å². The normalized spacial score (nSPS) is 14.5. The Bertz CT molecular complexity index is 1370. The van der Waals surface area contributed by atoms with Crippen molar-refractivity contribution in [1.82, 2.24) is 14.9 Å². The molecular formula is C29H31ClN4O3. The first kappa shape index (κ1) is 25.1. The highest BCUT2D eigenvalue weighted by molar-refractivity contribution is 6.31. The van der Waals surface area contributed by atoms with Gasteiger partial charge in [0.2, 0.25) is 0 Å². The monoisotopic (exact) mass is 518 g/mol. The summed E-state index contributed by atoms with van der Waals surface area (Å²) in [6.07, 6.45) is 3.84. The molecular weight excluding hydrogens is 488 g/mol. The van der Waals surface area contributed by atoms with Crippen LogP contribution in [0.3, 0.4) is 0 Å². The van der Waals surface area contributed by atoms with Gasteiger partial charge in [-0.25, -0.2) is 9.97 Å². The second-order valence-electron chi connectivity index (χ2n) is 9.46. The zero-order valence-corrected chi connectivity index (χ0v) is 22.1. The van der Waals surface area contributed by atoms with E-state index in [0.717, 1.165) is 64.6 Å². The van der Waals surface area contributed by atoms with Crippen LogP contribution in [0.5, 0.6) is 23.0 Å². The maximum Gasteiger partial charge on any atom is 0.163 e. The largest absolute Gasteiger partial charge is 0.493 e. The summed E-state index contributed by atoms with van der Waals surface area (Å²) in [6, 6.07) is 17.2. The molecule has 0 atom stereocenters. The number of nitrogens with zero attached hydrogens (tertiary/aromatic N) is 3. The van der Waals surface area contributed by atoms with Gasteiger partial charge in [0.1, 0.15) is 23.6 Å². The molecule has 4 aromatic rings. The molecule has 1 N–H and O–H groups in total. The third kappa shape index (κ3) is 6.06. The number of likely N-dealkylation sites (tertiary alicyclic amines) is 1. The van der Waals surface area contributed by atoms with Crippen LogP contribution in [0.15, 0.2) is 60.9 Å². The van der Waals surface area contributed by atoms with Crippen molar-refractivity contribution in [3.05, 3.63) is 71.5 Å². The van der Waals surface area contributed by atoms with Gasteiger partial charge in [-0.2, -0.15) is 0 Å². The van der Waals surface area contributed by atoms with Gasteiger partial charge in [0, 0.05) is 22.2 Å². The number of hydrogen-bond donors (Lipinski definition) is 1. The van der Waals surface area contributed by atoms with Gasteiger partial charge in [-0.15, -0.1) is 0 Å². The number of hydrogen-bond acceptors (Lipinski definition) is 7. The fraction of sp³-hybridized carbons (Fsp3) is 0.310. The van der Waals surface area contributed by atoms with Crippen molar-refractivity contribution >= 4 is 34.0 Å². The number of benzene rings is 3. The van der Waals surface area contributed by atoms with Crippen LogP contribution in [0.4, 0.5) is 11.5 Å². The van der Waals surface area contributed by atoms with E-state index in [2.05, 4.69) is 27.2 Å². The fourth-order valence-corrected chi connectivity index (χ4v) is 4.55. The molecule has 0 bridgehead atoms. The molecule has 0 aliphatic carbocycles. The molecule has 1 saturated heterocycles. The number of anilines is 2. The third-order valence-electron chi connectivity index (χ3n) is 6.72. The number of piperidine rings is 1. The van der Waals surface area contributed by atoms with Crippen molar-refractivity contribution in [1.29, 1.82) is 0 Å². The summed E-state index contributed by atoms with van der Waals surface area (Å²) >= 11 is 6.11. The first-order valence-corrected chi connectivity index (χ1v) is 12.8. The maximum absolute atomic E-state index is 6.20. The summed E-state index contributed by atoms with van der Waals surface area (Å²) in [6.45, 7) is 4.85. The van der Waals surface area contributed by atoms with Crippen molar-refractivity contribution in [2.75, 3.05) is 39.2 Å². The minimum atomic E-state index is 0.551. The molecule has 0 unspecified atom stereocenters. The predicted octanol–water partition coefficient (Wildman–Crippen LogP) is 6.86. The first-order valence-electron chi connectivity index (χ1n) is 12.4. The number of aromatic nitrogens is 2. The smallest absolute Gasteiger partial charge is 0.163 e. The molecule has 1 aromatic heterocycles. The molecule has 0 saturated carbocycles. The molecule has 0 radical (unpaired) electrons. The van der Waals surface area contributed by atoms with Crippen LogP contribution >= 0.6 is 11.6 Å². The van der Waals surface area contributed by atoms with Gasteiger partial charge < -0.3 is 24.4 Å². The fourth-order valence-electron chi connectivity index (χ4n) is 4.43. The Labute approximate surface area is 222 Å². The summed E-state index contributed by atoms with van der Waals surface area (Å²) in [4.78, 5) is 11.3. The Morgan fingerprint density at radius 2 is 1.73 bits per heavy atom. The molecule has 0 spiro atoms. The molecule has 1 aliphatic heterocycles. The number of rotatable bonds is 8. The molecule has 2 heterocycles. The lowest BCUT2D eigenvalue weighted by molar-refractivity contribution is 0.157. The molecule has 192 valence electrons. The van der Waals surface area contributed by atoms with E-state index in [1.807, 2.05) is 61.5 Å². The van der Waals surface area contributed by atoms with Gasteiger partial charge in [0.15, 0.2) is 11.5 Å². The summed E-state index contributed by atoms with van der Waals surface area (Å²) in [5.41, 5.74) is 2.63. The Morgan fingerprint density at radius 1 is 0.973 bits per heavy atom. The molecule has 8 heteroatoms. The van der Waals surface area contributed by atoms with E-state index in [4.69, 9.17) is 25.8 Å². The lowest BCUT2D eigenvalue weighted by atomic mass is 9.98. The average molecular weight is 519 g/mol. The quantitative estimate of drug-likeness (QED) is 0.273. The molecule has 0 amide bonds. The Morgan fingerprint density at radius 3 is 2.46 bits per heavy atom. The Balaban J connectivity index is 1.30. The molecule has 3 aromatic carbocycles. The SMILES string of the molecule is COc1cc2c(Nc3ccc(Oc4ccc(Cl)c(C)c4)cc3)ncnc2cc1OCC1CCN(C)CC1. The maximum atomic E-state index is 6.20. The van der Waals surface area contributed by atoms with Crippen molar-refractivity contribution < 1.29 is 14.2 Å². The number of methoxy groups -OCH3 is 1. The van der Waals surface area contributed by atoms with Crippen molar-refractivity contribution in [3.8, 4) is 23.0 Å². The van der Waals surface area contributed by atoms with Crippen LogP contribution in [-0.2, 0) is 0 Å². The summed E-state index contributed by atoms with van der Waals surface area (Å²) in [5.74, 6) is 4.08. The molecule has 5 rings (SSSR count). The molecule has 1 aliphatic rings. The summed E-state index contributed by atoms with van der Waals surface area (Å²) < 4.78 is 17.8. The molecule has 7 nitrogen and oxygen atoms in total. The highest BCUT2D eigenvalue weighted by Gasteiger charge is 2.19. The van der Waals surface area contributed by atoms with E-state index >= 15 is 0 Å². The first-order chi connectivity index (χ1) is 18.0. The van der Waals surface area contributed by atoms with E-state index in [9.17, 15) is 0 Å². The molecule has 1 fully saturated rings. The van der Waals surface area contributed by atoms with Crippen LogP contribution in [0.1, 0.15) is 18.4 Å². The van der Waals surface area contributed by atoms with Crippen LogP contribution < -0.4 is 19.5 Å². The van der Waals surface area contributed by atoms with Gasteiger partial charge in [-0.3, -0.25) is 0 Å². The van der Waals surface area contributed by atoms with E-state index < -0.39 is 0 Å². The van der Waals surface area contributed by atoms with Gasteiger partial charge in [-0.05, 0) is 99.9 Å². The lowest BCUT2D eigenvalue weighted by Crippen LogP contribution is -2.32. The van der Waals surface area contributed by atoms with E-state index in [1.165, 1.54) is 0 Å². The van der Waals surface area contributed by atoms with E-state index in [0.29, 0.717) is 29.8 Å². The zero-order chi connectivity index (χ0) is 25.8. The Kier molecular flexibility index (Phi) is 7.63. The number of halogens is 1. The second kappa shape index (κ2) is 11.2. The highest BCUT2D eigenvalue weighted by atomic mass is 35.5. The standard InChI is InChI=1S/C29H31ClN4O3/c1-19-14-23(8-9-25(19)30)37-22-6-4-21(5-7-22)33-29-24-15-27(35-3)28(16-26(24)31-18-32-29)36-17-20-10-12-34(2)13-11-20/h4-9,14-16,18,20H,10-13,17H2,1-3H3,(H,31,32,33). The lowest BCUT2D eigenvalue weighted by Gasteiger charge is -2.28. The van der Waals surface area contributed by atoms with Crippen LogP contribution in [-0.4, -0.2) is 48.7 Å². The summed E-state index contributed by atoms with van der Waals surface area (Å²) in [5, 5.41) is 4.96. The van der Waals surface area contributed by atoms with Crippen LogP contribution in [0.25, 0.3) is 10.9 Å². The van der Waals surface area contributed by atoms with Gasteiger partial charge in [0.25, 0.3) is 0 Å². The number of nitrogens with one attached hydrogen (secondary N) is 1.